The van der Waals surface area contributed by atoms with Crippen molar-refractivity contribution in [1.29, 1.82) is 0 Å². The second-order valence-electron chi connectivity index (χ2n) is 12.8. The number of nitrogens with zero attached hydrogens (tertiary/aromatic N) is 2. The summed E-state index contributed by atoms with van der Waals surface area (Å²) in [5.74, 6) is -0.948. The van der Waals surface area contributed by atoms with Gasteiger partial charge in [0, 0.05) is 28.5 Å². The Labute approximate surface area is 288 Å². The predicted octanol–water partition coefficient (Wildman–Crippen LogP) is 7.67. The fraction of sp³-hybridized carbons (Fsp3) is 0.297. The Balaban J connectivity index is 1.86. The number of aryl methyl sites for hydroxylation is 3. The third-order valence-electron chi connectivity index (χ3n) is 7.63. The Bertz CT molecular complexity index is 1840. The first-order valence-corrected chi connectivity index (χ1v) is 17.5. The van der Waals surface area contributed by atoms with Crippen LogP contribution in [-0.2, 0) is 32.6 Å². The molecule has 1 N–H and O–H groups in total. The Kier molecular flexibility index (Phi) is 11.4. The quantitative estimate of drug-likeness (QED) is 0.175. The van der Waals surface area contributed by atoms with Gasteiger partial charge in [-0.1, -0.05) is 95.0 Å². The maximum atomic E-state index is 14.7. The maximum absolute atomic E-state index is 14.7. The fourth-order valence-corrected chi connectivity index (χ4v) is 7.22. The van der Waals surface area contributed by atoms with Crippen molar-refractivity contribution in [3.05, 3.63) is 129 Å². The lowest BCUT2D eigenvalue weighted by molar-refractivity contribution is -0.140. The van der Waals surface area contributed by atoms with Crippen LogP contribution in [0.15, 0.2) is 95.9 Å². The number of halogens is 2. The van der Waals surface area contributed by atoms with Crippen LogP contribution >= 0.6 is 23.2 Å². The number of carbonyl (C=O) groups is 2. The van der Waals surface area contributed by atoms with E-state index in [0.29, 0.717) is 26.9 Å². The van der Waals surface area contributed by atoms with Crippen molar-refractivity contribution < 1.29 is 18.0 Å². The lowest BCUT2D eigenvalue weighted by atomic mass is 10.0. The number of anilines is 1. The van der Waals surface area contributed by atoms with E-state index in [0.717, 1.165) is 21.0 Å². The topological polar surface area (TPSA) is 86.8 Å². The first-order valence-electron chi connectivity index (χ1n) is 15.3. The van der Waals surface area contributed by atoms with Crippen molar-refractivity contribution in [2.24, 2.45) is 0 Å². The normalized spacial score (nSPS) is 12.3. The molecule has 4 aromatic rings. The average Bonchev–Trinajstić information content (AvgIpc) is 2.98. The Hall–Kier alpha value is -3.85. The largest absolute Gasteiger partial charge is 0.350 e. The summed E-state index contributed by atoms with van der Waals surface area (Å²) in [6, 6.07) is 25.2. The minimum Gasteiger partial charge on any atom is -0.350 e. The number of rotatable bonds is 11. The first-order chi connectivity index (χ1) is 22.0. The number of hydrogen-bond donors (Lipinski definition) is 1. The van der Waals surface area contributed by atoms with Crippen molar-refractivity contribution in [3.63, 3.8) is 0 Å². The molecule has 0 fully saturated rings. The molecule has 0 spiro atoms. The van der Waals surface area contributed by atoms with Crippen LogP contribution in [0.2, 0.25) is 10.0 Å². The molecule has 4 rings (SSSR count). The van der Waals surface area contributed by atoms with Gasteiger partial charge in [0.2, 0.25) is 11.8 Å². The second kappa shape index (κ2) is 14.9. The van der Waals surface area contributed by atoms with Crippen molar-refractivity contribution >= 4 is 50.7 Å². The third-order valence-corrected chi connectivity index (χ3v) is 9.99. The SMILES string of the molecule is Cc1ccc(S(=O)(=O)N(CC(=O)N(Cc2ccc(Cl)cc2Cl)[C@@H](Cc2ccccc2)C(=O)NC(C)(C)C)c2ccc(C)cc2C)cc1. The van der Waals surface area contributed by atoms with E-state index in [1.54, 1.807) is 36.4 Å². The minimum atomic E-state index is -4.21. The maximum Gasteiger partial charge on any atom is 0.264 e. The van der Waals surface area contributed by atoms with Gasteiger partial charge in [0.25, 0.3) is 10.0 Å². The van der Waals surface area contributed by atoms with E-state index in [4.69, 9.17) is 23.2 Å². The van der Waals surface area contributed by atoms with Gasteiger partial charge in [-0.15, -0.1) is 0 Å². The molecule has 47 heavy (non-hydrogen) atoms. The lowest BCUT2D eigenvalue weighted by Gasteiger charge is -2.35. The molecule has 0 saturated heterocycles. The van der Waals surface area contributed by atoms with Gasteiger partial charge in [-0.25, -0.2) is 8.42 Å². The molecule has 10 heteroatoms. The standard InChI is InChI=1S/C37H41Cl2N3O4S/c1-25-12-17-31(18-13-25)47(45,46)42(33-19-14-26(2)20-27(33)3)24-35(43)41(23-29-15-16-30(38)22-32(29)39)34(36(44)40-37(4,5)6)21-28-10-8-7-9-11-28/h7-20,22,34H,21,23-24H2,1-6H3,(H,40,44)/t34-/m0/s1. The summed E-state index contributed by atoms with van der Waals surface area (Å²) in [5.41, 5.74) is 3.70. The van der Waals surface area contributed by atoms with Gasteiger partial charge in [-0.3, -0.25) is 13.9 Å². The second-order valence-corrected chi connectivity index (χ2v) is 15.5. The van der Waals surface area contributed by atoms with Gasteiger partial charge in [-0.2, -0.15) is 0 Å². The number of carbonyl (C=O) groups excluding carboxylic acids is 2. The number of sulfonamides is 1. The molecule has 0 radical (unpaired) electrons. The highest BCUT2D eigenvalue weighted by Gasteiger charge is 2.36. The number of benzene rings is 4. The van der Waals surface area contributed by atoms with E-state index in [9.17, 15) is 18.0 Å². The molecular formula is C37H41Cl2N3O4S. The predicted molar refractivity (Wildman–Crippen MR) is 190 cm³/mol. The van der Waals surface area contributed by atoms with Crippen molar-refractivity contribution in [1.82, 2.24) is 10.2 Å². The summed E-state index contributed by atoms with van der Waals surface area (Å²) in [5, 5.41) is 3.77. The van der Waals surface area contributed by atoms with Crippen LogP contribution < -0.4 is 9.62 Å². The highest BCUT2D eigenvalue weighted by molar-refractivity contribution is 7.92. The fourth-order valence-electron chi connectivity index (χ4n) is 5.28. The van der Waals surface area contributed by atoms with Crippen LogP contribution in [0.4, 0.5) is 5.69 Å². The van der Waals surface area contributed by atoms with Crippen molar-refractivity contribution in [2.75, 3.05) is 10.8 Å². The molecule has 0 aliphatic rings. The third kappa shape index (κ3) is 9.37. The zero-order chi connectivity index (χ0) is 34.5. The molecule has 0 aliphatic carbocycles. The van der Waals surface area contributed by atoms with Gasteiger partial charge < -0.3 is 10.2 Å². The smallest absolute Gasteiger partial charge is 0.264 e. The van der Waals surface area contributed by atoms with E-state index >= 15 is 0 Å². The summed E-state index contributed by atoms with van der Waals surface area (Å²) in [7, 11) is -4.21. The van der Waals surface area contributed by atoms with Gasteiger partial charge in [0.05, 0.1) is 10.6 Å². The van der Waals surface area contributed by atoms with Crippen LogP contribution in [0.25, 0.3) is 0 Å². The first kappa shape index (κ1) is 36.0. The van der Waals surface area contributed by atoms with Crippen LogP contribution in [0.3, 0.4) is 0 Å². The molecule has 0 heterocycles. The summed E-state index contributed by atoms with van der Waals surface area (Å²) >= 11 is 12.8. The van der Waals surface area contributed by atoms with Crippen LogP contribution in [0, 0.1) is 20.8 Å². The zero-order valence-electron chi connectivity index (χ0n) is 27.6. The van der Waals surface area contributed by atoms with E-state index < -0.39 is 34.1 Å². The van der Waals surface area contributed by atoms with E-state index in [1.165, 1.54) is 17.0 Å². The Morgan fingerprint density at radius 1 is 0.830 bits per heavy atom. The molecule has 4 aromatic carbocycles. The summed E-state index contributed by atoms with van der Waals surface area (Å²) in [6.45, 7) is 10.6. The molecule has 2 amide bonds. The monoisotopic (exact) mass is 693 g/mol. The van der Waals surface area contributed by atoms with Gasteiger partial charge >= 0.3 is 0 Å². The van der Waals surface area contributed by atoms with Gasteiger partial charge in [0.15, 0.2) is 0 Å². The summed E-state index contributed by atoms with van der Waals surface area (Å²) < 4.78 is 29.8. The molecule has 1 atom stereocenters. The number of nitrogens with one attached hydrogen (secondary N) is 1. The zero-order valence-corrected chi connectivity index (χ0v) is 29.9. The molecule has 0 saturated carbocycles. The number of hydrogen-bond acceptors (Lipinski definition) is 4. The summed E-state index contributed by atoms with van der Waals surface area (Å²) in [6.07, 6.45) is 0.188. The van der Waals surface area contributed by atoms with E-state index in [2.05, 4.69) is 5.32 Å². The Morgan fingerprint density at radius 2 is 1.47 bits per heavy atom. The molecule has 0 aliphatic heterocycles. The molecule has 0 unspecified atom stereocenters. The number of amides is 2. The minimum absolute atomic E-state index is 0.0504. The van der Waals surface area contributed by atoms with Crippen LogP contribution in [-0.4, -0.2) is 43.3 Å². The Morgan fingerprint density at radius 3 is 2.06 bits per heavy atom. The van der Waals surface area contributed by atoms with Crippen molar-refractivity contribution in [2.45, 2.75) is 71.0 Å². The lowest BCUT2D eigenvalue weighted by Crippen LogP contribution is -2.56. The molecule has 7 nitrogen and oxygen atoms in total. The van der Waals surface area contributed by atoms with Crippen LogP contribution in [0.1, 0.15) is 48.6 Å². The molecule has 248 valence electrons. The molecular weight excluding hydrogens is 653 g/mol. The summed E-state index contributed by atoms with van der Waals surface area (Å²) in [4.78, 5) is 30.2. The van der Waals surface area contributed by atoms with Gasteiger partial charge in [-0.05, 0) is 88.6 Å². The van der Waals surface area contributed by atoms with Crippen molar-refractivity contribution in [3.8, 4) is 0 Å². The van der Waals surface area contributed by atoms with Crippen LogP contribution in [0.5, 0.6) is 0 Å². The molecule has 0 bridgehead atoms. The highest BCUT2D eigenvalue weighted by atomic mass is 35.5. The van der Waals surface area contributed by atoms with Gasteiger partial charge in [0.1, 0.15) is 12.6 Å². The van der Waals surface area contributed by atoms with E-state index in [-0.39, 0.29) is 23.8 Å². The highest BCUT2D eigenvalue weighted by Crippen LogP contribution is 2.30. The van der Waals surface area contributed by atoms with E-state index in [1.807, 2.05) is 84.0 Å². The molecule has 0 aromatic heterocycles. The average molecular weight is 695 g/mol.